The molecule has 11 heteroatoms. The molecule has 3 fully saturated rings. The minimum atomic E-state index is -1.38. The maximum absolute atomic E-state index is 13.6. The number of aromatic nitrogens is 3. The number of halogens is 4. The maximum Gasteiger partial charge on any atom is 0.352 e. The van der Waals surface area contributed by atoms with Gasteiger partial charge in [0.05, 0.1) is 41.0 Å². The van der Waals surface area contributed by atoms with Crippen LogP contribution < -0.4 is 11.4 Å². The van der Waals surface area contributed by atoms with E-state index in [-0.39, 0.29) is 57.2 Å². The number of alkyl halides is 2. The zero-order valence-corrected chi connectivity index (χ0v) is 20.4. The molecular formula is C23H17Cl4N3O4. The molecule has 0 radical (unpaired) electrons. The number of ether oxygens (including phenoxy) is 2. The first-order chi connectivity index (χ1) is 16.3. The summed E-state index contributed by atoms with van der Waals surface area (Å²) in [4.78, 5) is 24.6. The second-order valence-electron chi connectivity index (χ2n) is 9.86. The van der Waals surface area contributed by atoms with Gasteiger partial charge in [-0.1, -0.05) is 53.6 Å². The van der Waals surface area contributed by atoms with Gasteiger partial charge in [0.25, 0.3) is 0 Å². The van der Waals surface area contributed by atoms with Crippen LogP contribution in [-0.2, 0) is 9.47 Å². The summed E-state index contributed by atoms with van der Waals surface area (Å²) >= 11 is 28.2. The van der Waals surface area contributed by atoms with Crippen LogP contribution in [0.2, 0.25) is 0 Å². The van der Waals surface area contributed by atoms with Crippen molar-refractivity contribution in [2.45, 2.75) is 27.6 Å². The molecule has 2 saturated carbocycles. The van der Waals surface area contributed by atoms with Gasteiger partial charge in [-0.3, -0.25) is 0 Å². The van der Waals surface area contributed by atoms with Crippen molar-refractivity contribution in [2.75, 3.05) is 13.2 Å². The lowest BCUT2D eigenvalue weighted by atomic mass is 9.46. The van der Waals surface area contributed by atoms with Crippen LogP contribution in [0.1, 0.15) is 12.1 Å². The van der Waals surface area contributed by atoms with Gasteiger partial charge in [-0.15, -0.1) is 23.2 Å². The zero-order chi connectivity index (χ0) is 23.4. The second-order valence-corrected chi connectivity index (χ2v) is 11.8. The number of hydrogen-bond donors (Lipinski definition) is 0. The second kappa shape index (κ2) is 6.07. The van der Waals surface area contributed by atoms with Crippen molar-refractivity contribution in [3.8, 4) is 5.69 Å². The number of allylic oxidation sites excluding steroid dienone is 2. The smallest absolute Gasteiger partial charge is 0.344 e. The molecule has 176 valence electrons. The van der Waals surface area contributed by atoms with E-state index in [0.29, 0.717) is 18.9 Å². The average molecular weight is 541 g/mol. The van der Waals surface area contributed by atoms with Gasteiger partial charge in [-0.05, 0) is 35.8 Å². The fourth-order valence-electron chi connectivity index (χ4n) is 7.94. The van der Waals surface area contributed by atoms with Gasteiger partial charge in [0.2, 0.25) is 5.79 Å². The van der Waals surface area contributed by atoms with Crippen molar-refractivity contribution in [3.63, 3.8) is 0 Å². The summed E-state index contributed by atoms with van der Waals surface area (Å²) in [6.45, 7) is 0.664. The molecule has 7 aliphatic rings. The van der Waals surface area contributed by atoms with Gasteiger partial charge < -0.3 is 9.47 Å². The van der Waals surface area contributed by atoms with Gasteiger partial charge >= 0.3 is 11.4 Å². The fourth-order valence-corrected chi connectivity index (χ4v) is 10.2. The summed E-state index contributed by atoms with van der Waals surface area (Å²) in [5.74, 6) is -2.01. The summed E-state index contributed by atoms with van der Waals surface area (Å²) in [5.41, 5.74) is -0.235. The van der Waals surface area contributed by atoms with Crippen molar-refractivity contribution >= 4 is 46.4 Å². The van der Waals surface area contributed by atoms with E-state index in [9.17, 15) is 9.59 Å². The molecule has 3 aliphatic heterocycles. The number of nitrogens with zero attached hydrogens (tertiary/aromatic N) is 3. The number of fused-ring (bicyclic) bond motifs is 3. The lowest BCUT2D eigenvalue weighted by Crippen LogP contribution is -2.66. The van der Waals surface area contributed by atoms with Crippen LogP contribution >= 0.6 is 46.4 Å². The topological polar surface area (TPSA) is 67.4 Å². The molecule has 0 amide bonds. The third-order valence-corrected chi connectivity index (χ3v) is 11.6. The van der Waals surface area contributed by atoms with E-state index in [0.717, 1.165) is 0 Å². The Morgan fingerprint density at radius 2 is 1.26 bits per heavy atom. The highest BCUT2D eigenvalue weighted by molar-refractivity contribution is 6.52. The van der Waals surface area contributed by atoms with Crippen LogP contribution in [0.3, 0.4) is 0 Å². The largest absolute Gasteiger partial charge is 0.352 e. The van der Waals surface area contributed by atoms with Crippen LogP contribution in [0.5, 0.6) is 0 Å². The number of hydrogen-bond acceptors (Lipinski definition) is 4. The Balaban J connectivity index is 1.35. The summed E-state index contributed by atoms with van der Waals surface area (Å²) in [6.07, 6.45) is 3.99. The Kier molecular flexibility index (Phi) is 3.70. The molecule has 4 aliphatic carbocycles. The Morgan fingerprint density at radius 1 is 0.794 bits per heavy atom. The van der Waals surface area contributed by atoms with E-state index in [1.165, 1.54) is 4.57 Å². The molecule has 8 atom stereocenters. The first kappa shape index (κ1) is 20.7. The van der Waals surface area contributed by atoms with E-state index in [2.05, 4.69) is 0 Å². The monoisotopic (exact) mass is 539 g/mol. The Labute approximate surface area is 213 Å². The highest BCUT2D eigenvalue weighted by Gasteiger charge is 2.92. The Morgan fingerprint density at radius 3 is 1.74 bits per heavy atom. The first-order valence-corrected chi connectivity index (χ1v) is 12.7. The van der Waals surface area contributed by atoms with Gasteiger partial charge in [-0.2, -0.15) is 0 Å². The maximum atomic E-state index is 13.6. The molecule has 0 N–H and O–H groups in total. The third-order valence-electron chi connectivity index (χ3n) is 8.94. The zero-order valence-electron chi connectivity index (χ0n) is 17.4. The lowest BCUT2D eigenvalue weighted by molar-refractivity contribution is -0.172. The van der Waals surface area contributed by atoms with E-state index >= 15 is 0 Å². The van der Waals surface area contributed by atoms with Crippen LogP contribution in [0.25, 0.3) is 5.69 Å². The molecular weight excluding hydrogens is 524 g/mol. The highest BCUT2D eigenvalue weighted by atomic mass is 35.5. The lowest BCUT2D eigenvalue weighted by Gasteiger charge is -2.63. The number of benzene rings is 1. The van der Waals surface area contributed by atoms with Crippen LogP contribution in [0.15, 0.2) is 62.1 Å². The summed E-state index contributed by atoms with van der Waals surface area (Å²) in [6, 6.07) is 8.18. The predicted octanol–water partition coefficient (Wildman–Crippen LogP) is 3.36. The molecule has 9 rings (SSSR count). The average Bonchev–Trinajstić information content (AvgIpc) is 3.49. The van der Waals surface area contributed by atoms with E-state index in [4.69, 9.17) is 55.9 Å². The normalized spacial score (nSPS) is 43.9. The van der Waals surface area contributed by atoms with E-state index in [1.54, 1.807) is 33.6 Å². The van der Waals surface area contributed by atoms with Gasteiger partial charge in [-0.25, -0.2) is 23.5 Å². The summed E-state index contributed by atoms with van der Waals surface area (Å²) < 4.78 is 16.6. The summed E-state index contributed by atoms with van der Waals surface area (Å²) in [5, 5.41) is 0.508. The van der Waals surface area contributed by atoms with Crippen molar-refractivity contribution in [3.05, 3.63) is 73.5 Å². The van der Waals surface area contributed by atoms with E-state index < -0.39 is 15.5 Å². The molecule has 0 unspecified atom stereocenters. The molecule has 1 saturated heterocycles. The molecule has 2 aromatic rings. The number of para-hydroxylation sites is 1. The molecule has 1 spiro atoms. The van der Waals surface area contributed by atoms with Crippen molar-refractivity contribution < 1.29 is 9.47 Å². The van der Waals surface area contributed by atoms with Gasteiger partial charge in [0.1, 0.15) is 9.75 Å². The minimum Gasteiger partial charge on any atom is -0.344 e. The van der Waals surface area contributed by atoms with Gasteiger partial charge in [0.15, 0.2) is 0 Å². The predicted molar refractivity (Wildman–Crippen MR) is 126 cm³/mol. The van der Waals surface area contributed by atoms with Crippen molar-refractivity contribution in [1.29, 1.82) is 0 Å². The summed E-state index contributed by atoms with van der Waals surface area (Å²) in [7, 11) is 0. The third kappa shape index (κ3) is 1.77. The van der Waals surface area contributed by atoms with E-state index in [1.807, 2.05) is 18.2 Å². The van der Waals surface area contributed by atoms with Crippen molar-refractivity contribution in [2.24, 2.45) is 23.7 Å². The SMILES string of the molecule is O=c1n(-c2ccccc2)c(=O)n2n1[C@H]1C=C[C@H]2[C@H]2[C@@H]1[C@@H]1[C@@H]2[C@@]2(Cl)C(Cl)=C(Cl)[C@@]1(Cl)C21OCCO1. The molecule has 4 heterocycles. The number of rotatable bonds is 1. The highest BCUT2D eigenvalue weighted by Crippen LogP contribution is 2.84. The Hall–Kier alpha value is -1.48. The van der Waals surface area contributed by atoms with Gasteiger partial charge in [0, 0.05) is 0 Å². The molecule has 1 aromatic heterocycles. The van der Waals surface area contributed by atoms with Crippen molar-refractivity contribution in [1.82, 2.24) is 13.9 Å². The molecule has 34 heavy (non-hydrogen) atoms. The quantitative estimate of drug-likeness (QED) is 0.411. The Bertz CT molecular complexity index is 1390. The fraction of sp³-hybridized carbons (Fsp3) is 0.478. The minimum absolute atomic E-state index is 0.0787. The first-order valence-electron chi connectivity index (χ1n) is 11.2. The molecule has 4 bridgehead atoms. The van der Waals surface area contributed by atoms with Crippen LogP contribution in [0, 0.1) is 23.7 Å². The van der Waals surface area contributed by atoms with Crippen LogP contribution in [-0.4, -0.2) is 42.7 Å². The standard InChI is InChI=1S/C23H17Cl4N3O4/c24-17-18(25)22(27)16-14-12-7-6-11(13(14)15(16)21(17,26)23(22)33-8-9-34-23)29-19(31)28(20(32)30(12)29)10-4-2-1-3-5-10/h1-7,11-16H,8-9H2/t11-,12-,13-,14+,15+,16+,21+,22+/m0/s1. The molecule has 1 aromatic carbocycles. The van der Waals surface area contributed by atoms with Crippen LogP contribution in [0.4, 0.5) is 0 Å². The molecule has 7 nitrogen and oxygen atoms in total.